The molecule has 0 spiro atoms. The standard InChI is InChI=1S/C66H46N4O2/c1-65(2)52-35-43(39-16-20-41(21-17-39)63-69-58-12-5-7-14-60(58)71-63)24-28-48(52)50-30-26-45(37-54(50)65)47-32-33-57(56-11-9-10-34-67-56)68-62(47)46-27-31-51-49-29-25-44(36-53(49)66(3,4)55(51)38-46)40-18-22-42(23-19-40)64-70-59-13-6-8-15-61(59)72-64/h5-38H,1-4H3. The number of aromatic nitrogens is 4. The number of hydrogen-bond donors (Lipinski definition) is 0. The highest BCUT2D eigenvalue weighted by molar-refractivity contribution is 5.92. The molecule has 0 saturated heterocycles. The molecule has 2 aliphatic rings. The topological polar surface area (TPSA) is 77.8 Å². The fourth-order valence-electron chi connectivity index (χ4n) is 11.3. The summed E-state index contributed by atoms with van der Waals surface area (Å²) < 4.78 is 12.2. The van der Waals surface area contributed by atoms with Gasteiger partial charge in [0.1, 0.15) is 11.0 Å². The first-order valence-electron chi connectivity index (χ1n) is 24.6. The molecular formula is C66H46N4O2. The molecule has 0 aliphatic heterocycles. The summed E-state index contributed by atoms with van der Waals surface area (Å²) in [6.45, 7) is 9.40. The van der Waals surface area contributed by atoms with Crippen LogP contribution in [-0.2, 0) is 10.8 Å². The maximum atomic E-state index is 6.08. The molecule has 0 radical (unpaired) electrons. The zero-order valence-electron chi connectivity index (χ0n) is 40.2. The minimum atomic E-state index is -0.260. The predicted molar refractivity (Wildman–Crippen MR) is 290 cm³/mol. The molecule has 12 aromatic rings. The molecule has 8 aromatic carbocycles. The van der Waals surface area contributed by atoms with Crippen LogP contribution in [0.1, 0.15) is 49.9 Å². The van der Waals surface area contributed by atoms with Crippen molar-refractivity contribution in [2.45, 2.75) is 38.5 Å². The van der Waals surface area contributed by atoms with Crippen molar-refractivity contribution < 1.29 is 8.83 Å². The van der Waals surface area contributed by atoms with Gasteiger partial charge in [0.05, 0.1) is 17.1 Å². The highest BCUT2D eigenvalue weighted by Crippen LogP contribution is 2.53. The third kappa shape index (κ3) is 6.63. The van der Waals surface area contributed by atoms with E-state index in [1.165, 1.54) is 55.6 Å². The Hall–Kier alpha value is -9.00. The van der Waals surface area contributed by atoms with Gasteiger partial charge in [0.2, 0.25) is 11.8 Å². The summed E-state index contributed by atoms with van der Waals surface area (Å²) >= 11 is 0. The molecule has 4 aromatic heterocycles. The summed E-state index contributed by atoms with van der Waals surface area (Å²) in [4.78, 5) is 19.6. The molecule has 6 heteroatoms. The zero-order chi connectivity index (χ0) is 48.3. The largest absolute Gasteiger partial charge is 0.436 e. The van der Waals surface area contributed by atoms with Gasteiger partial charge < -0.3 is 8.83 Å². The maximum Gasteiger partial charge on any atom is 0.227 e. The smallest absolute Gasteiger partial charge is 0.227 e. The first-order chi connectivity index (χ1) is 35.1. The number of fused-ring (bicyclic) bond motifs is 8. The van der Waals surface area contributed by atoms with E-state index < -0.39 is 0 Å². The van der Waals surface area contributed by atoms with Gasteiger partial charge >= 0.3 is 0 Å². The van der Waals surface area contributed by atoms with Gasteiger partial charge in [-0.25, -0.2) is 15.0 Å². The van der Waals surface area contributed by atoms with E-state index in [9.17, 15) is 0 Å². The van der Waals surface area contributed by atoms with E-state index in [-0.39, 0.29) is 10.8 Å². The molecule has 0 unspecified atom stereocenters. The highest BCUT2D eigenvalue weighted by atomic mass is 16.4. The van der Waals surface area contributed by atoms with E-state index in [1.807, 2.05) is 72.9 Å². The van der Waals surface area contributed by atoms with Crippen molar-refractivity contribution in [2.24, 2.45) is 0 Å². The van der Waals surface area contributed by atoms with E-state index in [4.69, 9.17) is 28.8 Å². The van der Waals surface area contributed by atoms with Gasteiger partial charge in [-0.2, -0.15) is 0 Å². The summed E-state index contributed by atoms with van der Waals surface area (Å²) in [7, 11) is 0. The number of pyridine rings is 2. The second kappa shape index (κ2) is 15.8. The molecule has 2 aliphatic carbocycles. The Kier molecular flexibility index (Phi) is 9.18. The van der Waals surface area contributed by atoms with E-state index in [0.29, 0.717) is 11.8 Å². The van der Waals surface area contributed by atoms with Gasteiger partial charge in [0, 0.05) is 39.3 Å². The minimum absolute atomic E-state index is 0.244. The summed E-state index contributed by atoms with van der Waals surface area (Å²) in [5.74, 6) is 1.26. The Labute approximate surface area is 417 Å². The average molecular weight is 927 g/mol. The molecule has 0 N–H and O–H groups in total. The van der Waals surface area contributed by atoms with Crippen LogP contribution in [0.25, 0.3) is 123 Å². The lowest BCUT2D eigenvalue weighted by Gasteiger charge is -2.24. The molecule has 0 amide bonds. The minimum Gasteiger partial charge on any atom is -0.436 e. The van der Waals surface area contributed by atoms with Gasteiger partial charge in [-0.05, 0) is 169 Å². The SMILES string of the molecule is CC1(C)c2cc(-c3ccc(-c4nc5ccccc5o4)cc3)ccc2-c2ccc(-c3ccc(-c4ccccn4)nc3-c3ccc4c(c3)C(C)(C)c3cc(-c5ccc(-c6nc7ccccc7o6)cc5)ccc3-4)cc21. The molecule has 342 valence electrons. The average Bonchev–Trinajstić information content (AvgIpc) is 4.18. The van der Waals surface area contributed by atoms with E-state index in [1.54, 1.807) is 0 Å². The predicted octanol–water partition coefficient (Wildman–Crippen LogP) is 17.0. The highest BCUT2D eigenvalue weighted by Gasteiger charge is 2.38. The number of benzene rings is 8. The van der Waals surface area contributed by atoms with Gasteiger partial charge in [0.15, 0.2) is 11.2 Å². The second-order valence-corrected chi connectivity index (χ2v) is 20.2. The molecule has 0 bridgehead atoms. The van der Waals surface area contributed by atoms with E-state index in [2.05, 4.69) is 161 Å². The summed E-state index contributed by atoms with van der Waals surface area (Å²) in [5.41, 5.74) is 25.6. The third-order valence-electron chi connectivity index (χ3n) is 15.3. The van der Waals surface area contributed by atoms with Crippen molar-refractivity contribution in [3.63, 3.8) is 0 Å². The lowest BCUT2D eigenvalue weighted by molar-refractivity contribution is 0.619. The van der Waals surface area contributed by atoms with Gasteiger partial charge in [-0.15, -0.1) is 0 Å². The Morgan fingerprint density at radius 1 is 0.319 bits per heavy atom. The van der Waals surface area contributed by atoms with Gasteiger partial charge in [-0.3, -0.25) is 4.98 Å². The Morgan fingerprint density at radius 3 is 1.21 bits per heavy atom. The molecule has 0 saturated carbocycles. The van der Waals surface area contributed by atoms with Gasteiger partial charge in [0.25, 0.3) is 0 Å². The maximum absolute atomic E-state index is 6.08. The van der Waals surface area contributed by atoms with Gasteiger partial charge in [-0.1, -0.05) is 131 Å². The lowest BCUT2D eigenvalue weighted by Crippen LogP contribution is -2.15. The summed E-state index contributed by atoms with van der Waals surface area (Å²) in [6.07, 6.45) is 1.83. The number of para-hydroxylation sites is 4. The number of rotatable bonds is 7. The molecule has 14 rings (SSSR count). The fourth-order valence-corrected chi connectivity index (χ4v) is 11.3. The van der Waals surface area contributed by atoms with Crippen LogP contribution in [0, 0.1) is 0 Å². The normalized spacial score (nSPS) is 13.8. The lowest BCUT2D eigenvalue weighted by atomic mass is 9.80. The van der Waals surface area contributed by atoms with Crippen molar-refractivity contribution in [3.8, 4) is 101 Å². The summed E-state index contributed by atoms with van der Waals surface area (Å²) in [6, 6.07) is 71.0. The van der Waals surface area contributed by atoms with Crippen LogP contribution < -0.4 is 0 Å². The Balaban J connectivity index is 0.797. The van der Waals surface area contributed by atoms with Crippen LogP contribution >= 0.6 is 0 Å². The van der Waals surface area contributed by atoms with Crippen LogP contribution in [0.15, 0.2) is 215 Å². The van der Waals surface area contributed by atoms with Crippen molar-refractivity contribution >= 4 is 22.2 Å². The molecule has 0 fully saturated rings. The molecule has 6 nitrogen and oxygen atoms in total. The molecule has 0 atom stereocenters. The van der Waals surface area contributed by atoms with Crippen LogP contribution in [0.2, 0.25) is 0 Å². The first-order valence-corrected chi connectivity index (χ1v) is 24.6. The molecule has 72 heavy (non-hydrogen) atoms. The van der Waals surface area contributed by atoms with E-state index in [0.717, 1.165) is 78.2 Å². The molecular weight excluding hydrogens is 881 g/mol. The van der Waals surface area contributed by atoms with Crippen molar-refractivity contribution in [1.29, 1.82) is 0 Å². The zero-order valence-corrected chi connectivity index (χ0v) is 40.2. The van der Waals surface area contributed by atoms with Crippen LogP contribution in [-0.4, -0.2) is 19.9 Å². The number of hydrogen-bond acceptors (Lipinski definition) is 6. The molecule has 4 heterocycles. The van der Waals surface area contributed by atoms with Crippen molar-refractivity contribution in [1.82, 2.24) is 19.9 Å². The second-order valence-electron chi connectivity index (χ2n) is 20.2. The quantitative estimate of drug-likeness (QED) is 0.158. The summed E-state index contributed by atoms with van der Waals surface area (Å²) in [5, 5.41) is 0. The van der Waals surface area contributed by atoms with Crippen molar-refractivity contribution in [2.75, 3.05) is 0 Å². The number of nitrogens with zero attached hydrogens (tertiary/aromatic N) is 4. The van der Waals surface area contributed by atoms with Crippen LogP contribution in [0.4, 0.5) is 0 Å². The number of oxazole rings is 2. The monoisotopic (exact) mass is 926 g/mol. The van der Waals surface area contributed by atoms with Crippen LogP contribution in [0.3, 0.4) is 0 Å². The fraction of sp³-hybridized carbons (Fsp3) is 0.0909. The first kappa shape index (κ1) is 41.9. The third-order valence-corrected chi connectivity index (χ3v) is 15.3. The Morgan fingerprint density at radius 2 is 0.722 bits per heavy atom. The van der Waals surface area contributed by atoms with Crippen LogP contribution in [0.5, 0.6) is 0 Å². The van der Waals surface area contributed by atoms with E-state index >= 15 is 0 Å². The van der Waals surface area contributed by atoms with Crippen molar-refractivity contribution in [3.05, 3.63) is 229 Å². The Bertz CT molecular complexity index is 4080.